The summed E-state index contributed by atoms with van der Waals surface area (Å²) in [4.78, 5) is 1.18. The molecule has 1 aromatic heterocycles. The van der Waals surface area contributed by atoms with Crippen LogP contribution in [-0.4, -0.2) is 0 Å². The van der Waals surface area contributed by atoms with E-state index in [1.54, 1.807) is 11.3 Å². The zero-order chi connectivity index (χ0) is 12.4. The molecule has 0 aliphatic rings. The Kier molecular flexibility index (Phi) is 4.29. The Morgan fingerprint density at radius 3 is 2.06 bits per heavy atom. The second-order valence-corrected chi connectivity index (χ2v) is 7.26. The number of rotatable bonds is 3. The van der Waals surface area contributed by atoms with Gasteiger partial charge in [-0.2, -0.15) is 0 Å². The monoisotopic (exact) mass is 328 g/mol. The van der Waals surface area contributed by atoms with E-state index < -0.39 is 0 Å². The minimum absolute atomic E-state index is 0.0486. The van der Waals surface area contributed by atoms with Gasteiger partial charge in [0.25, 0.3) is 0 Å². The predicted octanol–water partition coefficient (Wildman–Crippen LogP) is 5.96. The molecule has 0 bridgehead atoms. The Hall–Kier alpha value is -0.310. The van der Waals surface area contributed by atoms with E-state index in [1.807, 2.05) is 6.07 Å². The molecule has 17 heavy (non-hydrogen) atoms. The number of benzene rings is 1. The minimum atomic E-state index is -0.0486. The van der Waals surface area contributed by atoms with E-state index in [2.05, 4.69) is 60.1 Å². The molecule has 2 rings (SSSR count). The Morgan fingerprint density at radius 2 is 1.59 bits per heavy atom. The van der Waals surface area contributed by atoms with E-state index in [1.165, 1.54) is 10.4 Å². The summed E-state index contributed by atoms with van der Waals surface area (Å²) in [6, 6.07) is 12.7. The molecule has 1 aromatic carbocycles. The number of hydrogen-bond donors (Lipinski definition) is 0. The lowest BCUT2D eigenvalue weighted by Crippen LogP contribution is -1.92. The van der Waals surface area contributed by atoms with Gasteiger partial charge >= 0.3 is 0 Å². The van der Waals surface area contributed by atoms with Gasteiger partial charge in [0.2, 0.25) is 0 Å². The van der Waals surface area contributed by atoms with Crippen molar-refractivity contribution in [1.82, 2.24) is 0 Å². The van der Waals surface area contributed by atoms with Crippen molar-refractivity contribution in [1.29, 1.82) is 0 Å². The number of alkyl halides is 1. The molecule has 0 spiro atoms. The minimum Gasteiger partial charge on any atom is -0.131 e. The van der Waals surface area contributed by atoms with Gasteiger partial charge in [0.15, 0.2) is 0 Å². The first-order valence-corrected chi connectivity index (χ1v) is 7.61. The van der Waals surface area contributed by atoms with E-state index in [0.29, 0.717) is 5.92 Å². The zero-order valence-electron chi connectivity index (χ0n) is 9.78. The van der Waals surface area contributed by atoms with Crippen molar-refractivity contribution in [3.05, 3.63) is 56.2 Å². The Balaban J connectivity index is 2.22. The van der Waals surface area contributed by atoms with E-state index in [-0.39, 0.29) is 5.38 Å². The molecule has 0 N–H and O–H groups in total. The average molecular weight is 330 g/mol. The summed E-state index contributed by atoms with van der Waals surface area (Å²) < 4.78 is 1.12. The van der Waals surface area contributed by atoms with Crippen LogP contribution in [0.25, 0.3) is 0 Å². The van der Waals surface area contributed by atoms with Gasteiger partial charge in [0, 0.05) is 4.88 Å². The van der Waals surface area contributed by atoms with Crippen LogP contribution in [0.4, 0.5) is 0 Å². The van der Waals surface area contributed by atoms with Gasteiger partial charge in [-0.15, -0.1) is 22.9 Å². The van der Waals surface area contributed by atoms with Crippen LogP contribution < -0.4 is 0 Å². The van der Waals surface area contributed by atoms with Crippen LogP contribution in [0, 0.1) is 0 Å². The zero-order valence-corrected chi connectivity index (χ0v) is 12.9. The summed E-state index contributed by atoms with van der Waals surface area (Å²) in [5.41, 5.74) is 2.51. The van der Waals surface area contributed by atoms with Crippen LogP contribution in [0.3, 0.4) is 0 Å². The second kappa shape index (κ2) is 5.55. The molecular formula is C14H14BrClS. The van der Waals surface area contributed by atoms with E-state index in [0.717, 1.165) is 9.35 Å². The van der Waals surface area contributed by atoms with E-state index in [9.17, 15) is 0 Å². The molecule has 1 unspecified atom stereocenters. The second-order valence-electron chi connectivity index (χ2n) is 4.33. The third-order valence-corrected chi connectivity index (χ3v) is 5.04. The molecule has 0 fully saturated rings. The first-order chi connectivity index (χ1) is 8.08. The number of thiophene rings is 1. The Bertz CT molecular complexity index is 487. The summed E-state index contributed by atoms with van der Waals surface area (Å²) in [5, 5.41) is -0.0486. The molecule has 0 nitrogen and oxygen atoms in total. The van der Waals surface area contributed by atoms with Gasteiger partial charge in [-0.05, 0) is 45.1 Å². The molecule has 90 valence electrons. The van der Waals surface area contributed by atoms with Crippen LogP contribution in [0.1, 0.15) is 41.1 Å². The largest absolute Gasteiger partial charge is 0.131 e. The molecule has 0 aliphatic heterocycles. The Morgan fingerprint density at radius 1 is 1.00 bits per heavy atom. The third-order valence-electron chi connectivity index (χ3n) is 2.74. The van der Waals surface area contributed by atoms with Crippen LogP contribution in [-0.2, 0) is 0 Å². The molecule has 0 radical (unpaired) electrons. The molecular weight excluding hydrogens is 316 g/mol. The first kappa shape index (κ1) is 13.1. The van der Waals surface area contributed by atoms with Gasteiger partial charge in [-0.1, -0.05) is 38.1 Å². The summed E-state index contributed by atoms with van der Waals surface area (Å²) in [7, 11) is 0. The van der Waals surface area contributed by atoms with E-state index >= 15 is 0 Å². The lowest BCUT2D eigenvalue weighted by Gasteiger charge is -2.10. The van der Waals surface area contributed by atoms with Crippen molar-refractivity contribution < 1.29 is 0 Å². The standard InChI is InChI=1S/C14H14BrClS/c1-9(2)10-3-5-11(6-4-10)14(16)12-7-8-13(15)17-12/h3-9,14H,1-2H3. The third kappa shape index (κ3) is 3.12. The van der Waals surface area contributed by atoms with Crippen LogP contribution >= 0.6 is 38.9 Å². The predicted molar refractivity (Wildman–Crippen MR) is 80.2 cm³/mol. The molecule has 3 heteroatoms. The SMILES string of the molecule is CC(C)c1ccc(C(Cl)c2ccc(Br)s2)cc1. The van der Waals surface area contributed by atoms with Crippen molar-refractivity contribution in [2.24, 2.45) is 0 Å². The first-order valence-electron chi connectivity index (χ1n) is 5.57. The Labute approximate surface area is 120 Å². The summed E-state index contributed by atoms with van der Waals surface area (Å²) >= 11 is 11.6. The summed E-state index contributed by atoms with van der Waals surface area (Å²) in [6.07, 6.45) is 0. The number of halogens is 2. The van der Waals surface area contributed by atoms with Crippen LogP contribution in [0.5, 0.6) is 0 Å². The highest BCUT2D eigenvalue weighted by molar-refractivity contribution is 9.11. The lowest BCUT2D eigenvalue weighted by atomic mass is 10.0. The maximum absolute atomic E-state index is 6.47. The van der Waals surface area contributed by atoms with Crippen molar-refractivity contribution in [3.63, 3.8) is 0 Å². The maximum atomic E-state index is 6.47. The van der Waals surface area contributed by atoms with Gasteiger partial charge in [0.05, 0.1) is 9.16 Å². The fraction of sp³-hybridized carbons (Fsp3) is 0.286. The van der Waals surface area contributed by atoms with Gasteiger partial charge < -0.3 is 0 Å². The molecule has 0 saturated carbocycles. The molecule has 0 amide bonds. The molecule has 1 atom stereocenters. The maximum Gasteiger partial charge on any atom is 0.0928 e. The normalized spacial score (nSPS) is 13.0. The van der Waals surface area contributed by atoms with Gasteiger partial charge in [-0.25, -0.2) is 0 Å². The van der Waals surface area contributed by atoms with Gasteiger partial charge in [-0.3, -0.25) is 0 Å². The smallest absolute Gasteiger partial charge is 0.0928 e. The fourth-order valence-electron chi connectivity index (χ4n) is 1.68. The lowest BCUT2D eigenvalue weighted by molar-refractivity contribution is 0.865. The molecule has 1 heterocycles. The molecule has 0 aliphatic carbocycles. The van der Waals surface area contributed by atoms with Crippen molar-refractivity contribution in [2.45, 2.75) is 25.1 Å². The topological polar surface area (TPSA) is 0 Å². The van der Waals surface area contributed by atoms with E-state index in [4.69, 9.17) is 11.6 Å². The highest BCUT2D eigenvalue weighted by Gasteiger charge is 2.13. The summed E-state index contributed by atoms with van der Waals surface area (Å²) in [6.45, 7) is 4.40. The molecule has 2 aromatic rings. The number of hydrogen-bond acceptors (Lipinski definition) is 1. The molecule has 0 saturated heterocycles. The average Bonchev–Trinajstić information content (AvgIpc) is 2.75. The van der Waals surface area contributed by atoms with Crippen molar-refractivity contribution in [2.75, 3.05) is 0 Å². The van der Waals surface area contributed by atoms with Crippen molar-refractivity contribution in [3.8, 4) is 0 Å². The fourth-order valence-corrected chi connectivity index (χ4v) is 3.46. The van der Waals surface area contributed by atoms with Crippen LogP contribution in [0.2, 0.25) is 0 Å². The van der Waals surface area contributed by atoms with Crippen molar-refractivity contribution >= 4 is 38.9 Å². The van der Waals surface area contributed by atoms with Crippen LogP contribution in [0.15, 0.2) is 40.2 Å². The highest BCUT2D eigenvalue weighted by Crippen LogP contribution is 2.35. The summed E-state index contributed by atoms with van der Waals surface area (Å²) in [5.74, 6) is 0.564. The highest BCUT2D eigenvalue weighted by atomic mass is 79.9. The quantitative estimate of drug-likeness (QED) is 0.609. The van der Waals surface area contributed by atoms with Gasteiger partial charge in [0.1, 0.15) is 0 Å².